The Morgan fingerprint density at radius 3 is 2.61 bits per heavy atom. The predicted octanol–water partition coefficient (Wildman–Crippen LogP) is 4.46. The van der Waals surface area contributed by atoms with Gasteiger partial charge in [0, 0.05) is 21.4 Å². The van der Waals surface area contributed by atoms with Crippen molar-refractivity contribution in [2.75, 3.05) is 0 Å². The van der Waals surface area contributed by atoms with Gasteiger partial charge in [0.1, 0.15) is 5.75 Å². The number of nitrogens with zero attached hydrogens (tertiary/aromatic N) is 1. The van der Waals surface area contributed by atoms with Crippen molar-refractivity contribution in [3.8, 4) is 5.75 Å². The molecule has 0 spiro atoms. The van der Waals surface area contributed by atoms with E-state index < -0.39 is 0 Å². The third-order valence-corrected chi connectivity index (χ3v) is 4.79. The molecule has 1 aromatic heterocycles. The van der Waals surface area contributed by atoms with Gasteiger partial charge in [-0.15, -0.1) is 11.3 Å². The number of benzene rings is 2. The van der Waals surface area contributed by atoms with Crippen molar-refractivity contribution in [3.63, 3.8) is 0 Å². The van der Waals surface area contributed by atoms with E-state index in [0.29, 0.717) is 5.75 Å². The van der Waals surface area contributed by atoms with E-state index in [1.165, 1.54) is 0 Å². The quantitative estimate of drug-likeness (QED) is 0.748. The molecule has 4 heteroatoms. The molecule has 2 nitrogen and oxygen atoms in total. The minimum atomic E-state index is 0.324. The molecule has 0 bridgehead atoms. The van der Waals surface area contributed by atoms with Gasteiger partial charge >= 0.3 is 0 Å². The van der Waals surface area contributed by atoms with Gasteiger partial charge in [-0.2, -0.15) is 0 Å². The molecule has 0 aliphatic heterocycles. The highest BCUT2D eigenvalue weighted by Gasteiger charge is 2.08. The standard InChI is InChI=1S/C14H11NOS2/c1-9-8-17-14(15-9)18-13-7-6-12(16)10-4-2-3-5-11(10)13/h2-8,16H,1H3. The molecule has 0 saturated heterocycles. The Hall–Kier alpha value is -1.52. The van der Waals surface area contributed by atoms with Crippen LogP contribution in [0.5, 0.6) is 5.75 Å². The lowest BCUT2D eigenvalue weighted by atomic mass is 10.1. The zero-order valence-corrected chi connectivity index (χ0v) is 11.4. The normalized spacial score (nSPS) is 10.9. The summed E-state index contributed by atoms with van der Waals surface area (Å²) in [6.45, 7) is 2.00. The molecule has 0 radical (unpaired) electrons. The van der Waals surface area contributed by atoms with Crippen molar-refractivity contribution >= 4 is 33.9 Å². The number of phenols is 1. The Morgan fingerprint density at radius 2 is 1.89 bits per heavy atom. The van der Waals surface area contributed by atoms with Crippen LogP contribution in [0, 0.1) is 6.92 Å². The van der Waals surface area contributed by atoms with E-state index in [0.717, 1.165) is 25.7 Å². The zero-order valence-electron chi connectivity index (χ0n) is 9.75. The maximum Gasteiger partial charge on any atom is 0.154 e. The van der Waals surface area contributed by atoms with Gasteiger partial charge < -0.3 is 5.11 Å². The summed E-state index contributed by atoms with van der Waals surface area (Å²) in [5.41, 5.74) is 1.05. The fourth-order valence-electron chi connectivity index (χ4n) is 1.82. The van der Waals surface area contributed by atoms with Gasteiger partial charge in [-0.1, -0.05) is 36.0 Å². The molecule has 18 heavy (non-hydrogen) atoms. The number of aromatic hydroxyl groups is 1. The molecule has 1 N–H and O–H groups in total. The van der Waals surface area contributed by atoms with Gasteiger partial charge in [0.2, 0.25) is 0 Å². The van der Waals surface area contributed by atoms with Crippen LogP contribution in [0.1, 0.15) is 5.69 Å². The van der Waals surface area contributed by atoms with Crippen LogP contribution < -0.4 is 0 Å². The van der Waals surface area contributed by atoms with Crippen LogP contribution in [-0.2, 0) is 0 Å². The van der Waals surface area contributed by atoms with Gasteiger partial charge in [0.15, 0.2) is 4.34 Å². The maximum absolute atomic E-state index is 9.84. The molecule has 90 valence electrons. The summed E-state index contributed by atoms with van der Waals surface area (Å²) in [6, 6.07) is 11.6. The number of hydrogen-bond donors (Lipinski definition) is 1. The van der Waals surface area contributed by atoms with Crippen molar-refractivity contribution in [3.05, 3.63) is 47.5 Å². The number of aromatic nitrogens is 1. The zero-order chi connectivity index (χ0) is 12.5. The van der Waals surface area contributed by atoms with Crippen LogP contribution in [0.4, 0.5) is 0 Å². The number of hydrogen-bond acceptors (Lipinski definition) is 4. The Morgan fingerprint density at radius 1 is 1.11 bits per heavy atom. The topological polar surface area (TPSA) is 33.1 Å². The van der Waals surface area contributed by atoms with Gasteiger partial charge in [-0.3, -0.25) is 0 Å². The summed E-state index contributed by atoms with van der Waals surface area (Å²) in [7, 11) is 0. The van der Waals surface area contributed by atoms with Crippen molar-refractivity contribution in [1.82, 2.24) is 4.98 Å². The molecule has 1 heterocycles. The lowest BCUT2D eigenvalue weighted by Crippen LogP contribution is -1.79. The first-order chi connectivity index (χ1) is 8.74. The summed E-state index contributed by atoms with van der Waals surface area (Å²) >= 11 is 3.29. The van der Waals surface area contributed by atoms with Gasteiger partial charge in [0.25, 0.3) is 0 Å². The molecule has 0 amide bonds. The largest absolute Gasteiger partial charge is 0.507 e. The third kappa shape index (κ3) is 2.09. The molecule has 3 aromatic rings. The van der Waals surface area contributed by atoms with Crippen LogP contribution in [0.2, 0.25) is 0 Å². The van der Waals surface area contributed by atoms with Crippen molar-refractivity contribution < 1.29 is 5.11 Å². The van der Waals surface area contributed by atoms with Crippen molar-refractivity contribution in [2.24, 2.45) is 0 Å². The molecule has 2 aromatic carbocycles. The van der Waals surface area contributed by atoms with Crippen LogP contribution in [0.15, 0.2) is 51.0 Å². The molecule has 3 rings (SSSR count). The minimum absolute atomic E-state index is 0.324. The highest BCUT2D eigenvalue weighted by molar-refractivity contribution is 8.01. The second kappa shape index (κ2) is 4.63. The van der Waals surface area contributed by atoms with E-state index in [2.05, 4.69) is 4.98 Å². The van der Waals surface area contributed by atoms with E-state index in [9.17, 15) is 5.11 Å². The number of thiazole rings is 1. The molecular weight excluding hydrogens is 262 g/mol. The highest BCUT2D eigenvalue weighted by atomic mass is 32.2. The Bertz CT molecular complexity index is 706. The summed E-state index contributed by atoms with van der Waals surface area (Å²) in [6.07, 6.45) is 0. The molecule has 0 fully saturated rings. The molecule has 0 unspecified atom stereocenters. The summed E-state index contributed by atoms with van der Waals surface area (Å²) in [4.78, 5) is 5.58. The van der Waals surface area contributed by atoms with E-state index in [1.54, 1.807) is 29.2 Å². The van der Waals surface area contributed by atoms with Crippen LogP contribution >= 0.6 is 23.1 Å². The smallest absolute Gasteiger partial charge is 0.154 e. The predicted molar refractivity (Wildman–Crippen MR) is 76.6 cm³/mol. The molecule has 0 atom stereocenters. The number of rotatable bonds is 2. The monoisotopic (exact) mass is 273 g/mol. The van der Waals surface area contributed by atoms with Gasteiger partial charge in [0.05, 0.1) is 0 Å². The first-order valence-electron chi connectivity index (χ1n) is 5.55. The van der Waals surface area contributed by atoms with Crippen molar-refractivity contribution in [2.45, 2.75) is 16.2 Å². The first-order valence-corrected chi connectivity index (χ1v) is 7.24. The average Bonchev–Trinajstić information content (AvgIpc) is 2.79. The van der Waals surface area contributed by atoms with Crippen LogP contribution in [0.25, 0.3) is 10.8 Å². The SMILES string of the molecule is Cc1csc(Sc2ccc(O)c3ccccc23)n1. The van der Waals surface area contributed by atoms with E-state index in [4.69, 9.17) is 0 Å². The number of fused-ring (bicyclic) bond motifs is 1. The number of aryl methyl sites for hydroxylation is 1. The first kappa shape index (κ1) is 11.6. The summed E-state index contributed by atoms with van der Waals surface area (Å²) in [5.74, 6) is 0.324. The second-order valence-electron chi connectivity index (χ2n) is 3.99. The molecular formula is C14H11NOS2. The maximum atomic E-state index is 9.84. The summed E-state index contributed by atoms with van der Waals surface area (Å²) < 4.78 is 1.03. The molecule has 0 aliphatic rings. The minimum Gasteiger partial charge on any atom is -0.507 e. The lowest BCUT2D eigenvalue weighted by molar-refractivity contribution is 0.481. The van der Waals surface area contributed by atoms with Crippen LogP contribution in [0.3, 0.4) is 0 Å². The fourth-order valence-corrected chi connectivity index (χ4v) is 3.75. The summed E-state index contributed by atoms with van der Waals surface area (Å²) in [5, 5.41) is 13.8. The highest BCUT2D eigenvalue weighted by Crippen LogP contribution is 2.37. The number of phenolic OH excluding ortho intramolecular Hbond substituents is 1. The Balaban J connectivity index is 2.09. The molecule has 0 aliphatic carbocycles. The molecule has 0 saturated carbocycles. The second-order valence-corrected chi connectivity index (χ2v) is 6.13. The Labute approximate surface area is 113 Å². The van der Waals surface area contributed by atoms with Crippen LogP contribution in [-0.4, -0.2) is 10.1 Å². The third-order valence-electron chi connectivity index (χ3n) is 2.66. The van der Waals surface area contributed by atoms with Gasteiger partial charge in [-0.25, -0.2) is 4.98 Å². The fraction of sp³-hybridized carbons (Fsp3) is 0.0714. The Kier molecular flexibility index (Phi) is 2.97. The van der Waals surface area contributed by atoms with Gasteiger partial charge in [-0.05, 0) is 24.4 Å². The van der Waals surface area contributed by atoms with E-state index >= 15 is 0 Å². The van der Waals surface area contributed by atoms with E-state index in [1.807, 2.05) is 42.6 Å². The van der Waals surface area contributed by atoms with E-state index in [-0.39, 0.29) is 0 Å². The lowest BCUT2D eigenvalue weighted by Gasteiger charge is -2.06. The van der Waals surface area contributed by atoms with Crippen molar-refractivity contribution in [1.29, 1.82) is 0 Å². The average molecular weight is 273 g/mol.